The van der Waals surface area contributed by atoms with E-state index in [2.05, 4.69) is 25.5 Å². The minimum Gasteiger partial charge on any atom is -0.384 e. The second-order valence-electron chi connectivity index (χ2n) is 7.20. The number of hydrogen-bond donors (Lipinski definition) is 3. The van der Waals surface area contributed by atoms with Crippen LogP contribution < -0.4 is 21.1 Å². The van der Waals surface area contributed by atoms with Gasteiger partial charge in [-0.25, -0.2) is 0 Å². The standard InChI is InChI=1S/C23H25N5O3/c29-22-21(20(8-11-26-22)25-10-7-17-4-1-2-9-24-17)23(30)27-18-5-3-6-19(16-18)28-12-14-31-15-13-28/h1-6,8-9,11,16H,7,10,12-15H2,(H,27,30)(H2,25,26,29). The van der Waals surface area contributed by atoms with Crippen molar-refractivity contribution < 1.29 is 9.53 Å². The van der Waals surface area contributed by atoms with Crippen molar-refractivity contribution in [2.45, 2.75) is 6.42 Å². The number of amides is 1. The molecule has 0 bridgehead atoms. The molecule has 3 heterocycles. The maximum Gasteiger partial charge on any atom is 0.263 e. The molecule has 0 saturated carbocycles. The Kier molecular flexibility index (Phi) is 6.59. The van der Waals surface area contributed by atoms with Gasteiger partial charge >= 0.3 is 0 Å². The quantitative estimate of drug-likeness (QED) is 0.544. The molecule has 3 aromatic rings. The molecule has 1 amide bonds. The number of nitrogens with zero attached hydrogens (tertiary/aromatic N) is 2. The topological polar surface area (TPSA) is 99.3 Å². The van der Waals surface area contributed by atoms with E-state index in [1.807, 2.05) is 42.5 Å². The number of morpholine rings is 1. The average molecular weight is 419 g/mol. The van der Waals surface area contributed by atoms with Gasteiger partial charge < -0.3 is 25.3 Å². The maximum atomic E-state index is 13.0. The fraction of sp³-hybridized carbons (Fsp3) is 0.261. The van der Waals surface area contributed by atoms with Gasteiger partial charge in [-0.05, 0) is 36.4 Å². The van der Waals surface area contributed by atoms with Gasteiger partial charge in [-0.15, -0.1) is 0 Å². The fourth-order valence-corrected chi connectivity index (χ4v) is 3.52. The second-order valence-corrected chi connectivity index (χ2v) is 7.20. The first-order chi connectivity index (χ1) is 15.2. The first-order valence-electron chi connectivity index (χ1n) is 10.3. The molecule has 1 aliphatic rings. The maximum absolute atomic E-state index is 13.0. The molecule has 0 spiro atoms. The van der Waals surface area contributed by atoms with Crippen LogP contribution in [0.2, 0.25) is 0 Å². The third-order valence-electron chi connectivity index (χ3n) is 5.09. The minimum absolute atomic E-state index is 0.0558. The number of rotatable bonds is 7. The van der Waals surface area contributed by atoms with Gasteiger partial charge in [0.2, 0.25) is 0 Å². The highest BCUT2D eigenvalue weighted by Gasteiger charge is 2.17. The molecular formula is C23H25N5O3. The summed E-state index contributed by atoms with van der Waals surface area (Å²) in [4.78, 5) is 34.5. The van der Waals surface area contributed by atoms with Crippen molar-refractivity contribution in [1.82, 2.24) is 9.97 Å². The number of anilines is 3. The summed E-state index contributed by atoms with van der Waals surface area (Å²) in [6.07, 6.45) is 3.95. The van der Waals surface area contributed by atoms with E-state index in [1.165, 1.54) is 6.20 Å². The average Bonchev–Trinajstić information content (AvgIpc) is 2.80. The van der Waals surface area contributed by atoms with Crippen molar-refractivity contribution in [3.05, 3.63) is 82.5 Å². The van der Waals surface area contributed by atoms with Crippen LogP contribution in [-0.4, -0.2) is 48.7 Å². The lowest BCUT2D eigenvalue weighted by Crippen LogP contribution is -2.36. The number of aromatic nitrogens is 2. The van der Waals surface area contributed by atoms with Gasteiger partial charge in [0.05, 0.1) is 18.9 Å². The molecular weight excluding hydrogens is 394 g/mol. The van der Waals surface area contributed by atoms with E-state index in [9.17, 15) is 9.59 Å². The van der Waals surface area contributed by atoms with Crippen LogP contribution in [0.1, 0.15) is 16.1 Å². The largest absolute Gasteiger partial charge is 0.384 e. The van der Waals surface area contributed by atoms with Crippen molar-refractivity contribution in [2.75, 3.05) is 48.4 Å². The molecule has 0 radical (unpaired) electrons. The normalized spacial score (nSPS) is 13.6. The number of carbonyl (C=O) groups is 1. The molecule has 3 N–H and O–H groups in total. The van der Waals surface area contributed by atoms with Crippen molar-refractivity contribution in [2.24, 2.45) is 0 Å². The van der Waals surface area contributed by atoms with Gasteiger partial charge in [-0.2, -0.15) is 0 Å². The summed E-state index contributed by atoms with van der Waals surface area (Å²) in [7, 11) is 0. The van der Waals surface area contributed by atoms with Crippen molar-refractivity contribution in [3.63, 3.8) is 0 Å². The second kappa shape index (κ2) is 9.90. The zero-order valence-electron chi connectivity index (χ0n) is 17.1. The first kappa shape index (κ1) is 20.6. The van der Waals surface area contributed by atoms with Crippen LogP contribution in [0, 0.1) is 0 Å². The fourth-order valence-electron chi connectivity index (χ4n) is 3.52. The molecule has 31 heavy (non-hydrogen) atoms. The number of nitrogens with one attached hydrogen (secondary N) is 3. The van der Waals surface area contributed by atoms with Crippen LogP contribution in [0.25, 0.3) is 0 Å². The highest BCUT2D eigenvalue weighted by atomic mass is 16.5. The summed E-state index contributed by atoms with van der Waals surface area (Å²) >= 11 is 0. The zero-order valence-corrected chi connectivity index (χ0v) is 17.1. The predicted molar refractivity (Wildman–Crippen MR) is 121 cm³/mol. The van der Waals surface area contributed by atoms with Gasteiger partial charge in [0.1, 0.15) is 5.56 Å². The van der Waals surface area contributed by atoms with Crippen LogP contribution in [0.4, 0.5) is 17.1 Å². The Bertz CT molecular complexity index is 1080. The Morgan fingerprint density at radius 3 is 2.81 bits per heavy atom. The summed E-state index contributed by atoms with van der Waals surface area (Å²) < 4.78 is 5.40. The van der Waals surface area contributed by atoms with Gasteiger partial charge in [-0.1, -0.05) is 12.1 Å². The number of pyridine rings is 2. The molecule has 0 atom stereocenters. The van der Waals surface area contributed by atoms with E-state index in [-0.39, 0.29) is 5.56 Å². The third-order valence-corrected chi connectivity index (χ3v) is 5.09. The lowest BCUT2D eigenvalue weighted by molar-refractivity contribution is 0.102. The Hall–Kier alpha value is -3.65. The Morgan fingerprint density at radius 1 is 1.13 bits per heavy atom. The summed E-state index contributed by atoms with van der Waals surface area (Å²) in [5.41, 5.74) is 2.69. The molecule has 8 heteroatoms. The summed E-state index contributed by atoms with van der Waals surface area (Å²) in [5.74, 6) is -0.457. The molecule has 1 aromatic carbocycles. The number of ether oxygens (including phenoxy) is 1. The Morgan fingerprint density at radius 2 is 2.00 bits per heavy atom. The molecule has 2 aromatic heterocycles. The van der Waals surface area contributed by atoms with E-state index in [1.54, 1.807) is 12.3 Å². The van der Waals surface area contributed by atoms with Gasteiger partial charge in [0.15, 0.2) is 0 Å². The van der Waals surface area contributed by atoms with Crippen molar-refractivity contribution in [3.8, 4) is 0 Å². The van der Waals surface area contributed by atoms with Crippen LogP contribution in [0.3, 0.4) is 0 Å². The van der Waals surface area contributed by atoms with Crippen LogP contribution in [0.5, 0.6) is 0 Å². The SMILES string of the molecule is O=C(Nc1cccc(N2CCOCC2)c1)c1c(NCCc2ccccn2)cc[nH]c1=O. The Labute approximate surface area is 180 Å². The monoisotopic (exact) mass is 419 g/mol. The lowest BCUT2D eigenvalue weighted by atomic mass is 10.2. The summed E-state index contributed by atoms with van der Waals surface area (Å²) in [6.45, 7) is 3.53. The highest BCUT2D eigenvalue weighted by molar-refractivity contribution is 6.07. The van der Waals surface area contributed by atoms with Gasteiger partial charge in [0.25, 0.3) is 11.5 Å². The molecule has 8 nitrogen and oxygen atoms in total. The van der Waals surface area contributed by atoms with E-state index >= 15 is 0 Å². The number of hydrogen-bond acceptors (Lipinski definition) is 6. The molecule has 4 rings (SSSR count). The van der Waals surface area contributed by atoms with Gasteiger partial charge in [-0.3, -0.25) is 14.6 Å². The third kappa shape index (κ3) is 5.29. The summed E-state index contributed by atoms with van der Waals surface area (Å²) in [6, 6.07) is 15.0. The number of aromatic amines is 1. The van der Waals surface area contributed by atoms with E-state index < -0.39 is 11.5 Å². The van der Waals surface area contributed by atoms with E-state index in [0.29, 0.717) is 37.6 Å². The molecule has 0 aliphatic carbocycles. The summed E-state index contributed by atoms with van der Waals surface area (Å²) in [5, 5.41) is 6.05. The predicted octanol–water partition coefficient (Wildman–Crippen LogP) is 2.51. The van der Waals surface area contributed by atoms with Crippen LogP contribution in [0.15, 0.2) is 65.7 Å². The van der Waals surface area contributed by atoms with E-state index in [0.717, 1.165) is 24.5 Å². The molecule has 1 aliphatic heterocycles. The number of benzene rings is 1. The van der Waals surface area contributed by atoms with Crippen LogP contribution in [-0.2, 0) is 11.2 Å². The molecule has 1 saturated heterocycles. The van der Waals surface area contributed by atoms with Gasteiger partial charge in [0, 0.05) is 55.5 Å². The molecule has 0 unspecified atom stereocenters. The number of carbonyl (C=O) groups excluding carboxylic acids is 1. The smallest absolute Gasteiger partial charge is 0.263 e. The number of H-pyrrole nitrogens is 1. The lowest BCUT2D eigenvalue weighted by Gasteiger charge is -2.29. The molecule has 1 fully saturated rings. The van der Waals surface area contributed by atoms with Crippen molar-refractivity contribution >= 4 is 23.0 Å². The minimum atomic E-state index is -0.457. The van der Waals surface area contributed by atoms with E-state index in [4.69, 9.17) is 4.74 Å². The first-order valence-corrected chi connectivity index (χ1v) is 10.3. The Balaban J connectivity index is 1.46. The van der Waals surface area contributed by atoms with Crippen LogP contribution >= 0.6 is 0 Å². The zero-order chi connectivity index (χ0) is 21.5. The highest BCUT2D eigenvalue weighted by Crippen LogP contribution is 2.21. The van der Waals surface area contributed by atoms with Crippen molar-refractivity contribution in [1.29, 1.82) is 0 Å². The molecule has 160 valence electrons.